The summed E-state index contributed by atoms with van der Waals surface area (Å²) in [5, 5.41) is 13.0. The Bertz CT molecular complexity index is 500. The first-order valence-electron chi connectivity index (χ1n) is 8.03. The molecule has 1 saturated heterocycles. The molecule has 0 aromatic carbocycles. The molecule has 2 rings (SSSR count). The van der Waals surface area contributed by atoms with Crippen molar-refractivity contribution in [2.75, 3.05) is 31.1 Å². The third-order valence-corrected chi connectivity index (χ3v) is 6.88. The van der Waals surface area contributed by atoms with Crippen molar-refractivity contribution < 1.29 is 8.42 Å². The molecule has 3 atom stereocenters. The van der Waals surface area contributed by atoms with Crippen LogP contribution in [0.5, 0.6) is 0 Å². The second-order valence-electron chi connectivity index (χ2n) is 6.49. The smallest absolute Gasteiger partial charge is 0.153 e. The standard InChI is InChI=1S/C15H27N3O2S/c1-3-17-15(12-16)7-4-5-14(15)6-8-18-9-10-21(19,20)11-13(18)2/h13-14,17H,3-11H2,1-2H3. The van der Waals surface area contributed by atoms with Crippen molar-refractivity contribution >= 4 is 9.84 Å². The lowest BCUT2D eigenvalue weighted by Gasteiger charge is -2.36. The second-order valence-corrected chi connectivity index (χ2v) is 8.72. The highest BCUT2D eigenvalue weighted by atomic mass is 32.2. The highest BCUT2D eigenvalue weighted by molar-refractivity contribution is 7.91. The van der Waals surface area contributed by atoms with Crippen molar-refractivity contribution in [3.63, 3.8) is 0 Å². The van der Waals surface area contributed by atoms with E-state index in [0.29, 0.717) is 12.5 Å². The van der Waals surface area contributed by atoms with E-state index in [1.54, 1.807) is 0 Å². The molecule has 0 aromatic heterocycles. The van der Waals surface area contributed by atoms with Gasteiger partial charge in [-0.25, -0.2) is 8.42 Å². The Hall–Kier alpha value is -0.640. The molecule has 21 heavy (non-hydrogen) atoms. The molecule has 6 heteroatoms. The van der Waals surface area contributed by atoms with Crippen LogP contribution in [0.1, 0.15) is 39.5 Å². The third kappa shape index (κ3) is 3.77. The lowest BCUT2D eigenvalue weighted by atomic mass is 9.85. The summed E-state index contributed by atoms with van der Waals surface area (Å²) in [5.41, 5.74) is -0.361. The van der Waals surface area contributed by atoms with E-state index in [0.717, 1.165) is 38.8 Å². The van der Waals surface area contributed by atoms with Crippen LogP contribution in [0.3, 0.4) is 0 Å². The number of rotatable bonds is 5. The average Bonchev–Trinajstić information content (AvgIpc) is 2.81. The molecule has 1 saturated carbocycles. The Morgan fingerprint density at radius 3 is 2.86 bits per heavy atom. The Labute approximate surface area is 128 Å². The Morgan fingerprint density at radius 1 is 1.48 bits per heavy atom. The molecular weight excluding hydrogens is 286 g/mol. The molecule has 1 aliphatic carbocycles. The topological polar surface area (TPSA) is 73.2 Å². The first-order valence-corrected chi connectivity index (χ1v) is 9.85. The van der Waals surface area contributed by atoms with Gasteiger partial charge in [0.2, 0.25) is 0 Å². The number of sulfone groups is 1. The van der Waals surface area contributed by atoms with Crippen LogP contribution in [-0.2, 0) is 9.84 Å². The number of nitrogens with one attached hydrogen (secondary N) is 1. The second kappa shape index (κ2) is 6.64. The minimum atomic E-state index is -2.84. The van der Waals surface area contributed by atoms with Crippen LogP contribution in [0.2, 0.25) is 0 Å². The van der Waals surface area contributed by atoms with Crippen molar-refractivity contribution in [1.29, 1.82) is 5.26 Å². The van der Waals surface area contributed by atoms with Gasteiger partial charge >= 0.3 is 0 Å². The van der Waals surface area contributed by atoms with Gasteiger partial charge in [0.1, 0.15) is 5.54 Å². The Kier molecular flexibility index (Phi) is 5.29. The van der Waals surface area contributed by atoms with Crippen molar-refractivity contribution in [3.8, 4) is 6.07 Å². The molecule has 5 nitrogen and oxygen atoms in total. The summed E-state index contributed by atoms with van der Waals surface area (Å²) < 4.78 is 23.2. The summed E-state index contributed by atoms with van der Waals surface area (Å²) in [6.45, 7) is 6.40. The molecule has 0 amide bonds. The van der Waals surface area contributed by atoms with E-state index in [2.05, 4.69) is 16.3 Å². The van der Waals surface area contributed by atoms with Gasteiger partial charge in [-0.05, 0) is 45.2 Å². The molecule has 1 aliphatic heterocycles. The normalized spacial score (nSPS) is 36.4. The zero-order valence-corrected chi connectivity index (χ0v) is 14.0. The summed E-state index contributed by atoms with van der Waals surface area (Å²) in [6, 6.07) is 2.61. The average molecular weight is 313 g/mol. The van der Waals surface area contributed by atoms with Crippen LogP contribution < -0.4 is 5.32 Å². The number of hydrogen-bond donors (Lipinski definition) is 1. The molecule has 0 bridgehead atoms. The van der Waals surface area contributed by atoms with Gasteiger partial charge < -0.3 is 0 Å². The minimum absolute atomic E-state index is 0.0979. The summed E-state index contributed by atoms with van der Waals surface area (Å²) in [7, 11) is -2.84. The maximum Gasteiger partial charge on any atom is 0.153 e. The van der Waals surface area contributed by atoms with Crippen molar-refractivity contribution in [2.24, 2.45) is 5.92 Å². The molecule has 120 valence electrons. The highest BCUT2D eigenvalue weighted by Gasteiger charge is 2.42. The quantitative estimate of drug-likeness (QED) is 0.825. The molecule has 2 aliphatic rings. The predicted molar refractivity (Wildman–Crippen MR) is 83.7 cm³/mol. The SMILES string of the molecule is CCNC1(C#N)CCCC1CCN1CCS(=O)(=O)CC1C. The zero-order valence-electron chi connectivity index (χ0n) is 13.1. The largest absolute Gasteiger partial charge is 0.299 e. The summed E-state index contributed by atoms with van der Waals surface area (Å²) in [6.07, 6.45) is 4.12. The molecule has 0 radical (unpaired) electrons. The number of hydrogen-bond acceptors (Lipinski definition) is 5. The monoisotopic (exact) mass is 313 g/mol. The maximum atomic E-state index is 11.6. The first kappa shape index (κ1) is 16.7. The third-order valence-electron chi connectivity index (χ3n) is 5.09. The molecule has 2 fully saturated rings. The lowest BCUT2D eigenvalue weighted by Crippen LogP contribution is -2.50. The van der Waals surface area contributed by atoms with E-state index in [4.69, 9.17) is 0 Å². The van der Waals surface area contributed by atoms with Gasteiger partial charge in [0, 0.05) is 12.6 Å². The van der Waals surface area contributed by atoms with Crippen molar-refractivity contribution in [3.05, 3.63) is 0 Å². The number of nitrogens with zero attached hydrogens (tertiary/aromatic N) is 2. The minimum Gasteiger partial charge on any atom is -0.299 e. The van der Waals surface area contributed by atoms with Crippen LogP contribution in [0.25, 0.3) is 0 Å². The fraction of sp³-hybridized carbons (Fsp3) is 0.933. The molecule has 1 N–H and O–H groups in total. The fourth-order valence-corrected chi connectivity index (χ4v) is 5.52. The molecule has 3 unspecified atom stereocenters. The van der Waals surface area contributed by atoms with Gasteiger partial charge in [0.25, 0.3) is 0 Å². The van der Waals surface area contributed by atoms with Gasteiger partial charge in [0.15, 0.2) is 9.84 Å². The Morgan fingerprint density at radius 2 is 2.24 bits per heavy atom. The van der Waals surface area contributed by atoms with E-state index < -0.39 is 9.84 Å². The van der Waals surface area contributed by atoms with Crippen molar-refractivity contribution in [1.82, 2.24) is 10.2 Å². The molecule has 0 spiro atoms. The maximum absolute atomic E-state index is 11.6. The van der Waals surface area contributed by atoms with Crippen LogP contribution in [0.15, 0.2) is 0 Å². The van der Waals surface area contributed by atoms with Gasteiger partial charge in [0.05, 0.1) is 17.6 Å². The van der Waals surface area contributed by atoms with Gasteiger partial charge in [-0.2, -0.15) is 5.26 Å². The van der Waals surface area contributed by atoms with E-state index in [1.807, 2.05) is 13.8 Å². The van der Waals surface area contributed by atoms with E-state index in [9.17, 15) is 13.7 Å². The van der Waals surface area contributed by atoms with Gasteiger partial charge in [-0.1, -0.05) is 13.3 Å². The summed E-state index contributed by atoms with van der Waals surface area (Å²) in [4.78, 5) is 2.27. The predicted octanol–water partition coefficient (Wildman–Crippen LogP) is 1.17. The van der Waals surface area contributed by atoms with E-state index >= 15 is 0 Å². The van der Waals surface area contributed by atoms with Gasteiger partial charge in [-0.3, -0.25) is 10.2 Å². The Balaban J connectivity index is 1.92. The van der Waals surface area contributed by atoms with E-state index in [1.165, 1.54) is 0 Å². The van der Waals surface area contributed by atoms with Crippen LogP contribution in [-0.4, -0.2) is 56.0 Å². The molecule has 0 aromatic rings. The number of nitriles is 1. The first-order chi connectivity index (χ1) is 9.92. The van der Waals surface area contributed by atoms with Crippen LogP contribution in [0.4, 0.5) is 0 Å². The van der Waals surface area contributed by atoms with E-state index in [-0.39, 0.29) is 23.1 Å². The fourth-order valence-electron chi connectivity index (χ4n) is 3.89. The molecular formula is C15H27N3O2S. The van der Waals surface area contributed by atoms with Crippen LogP contribution in [0, 0.1) is 17.2 Å². The van der Waals surface area contributed by atoms with Gasteiger partial charge in [-0.15, -0.1) is 0 Å². The highest BCUT2D eigenvalue weighted by Crippen LogP contribution is 2.37. The summed E-state index contributed by atoms with van der Waals surface area (Å²) >= 11 is 0. The zero-order chi connectivity index (χ0) is 15.5. The molecule has 1 heterocycles. The van der Waals surface area contributed by atoms with Crippen LogP contribution >= 0.6 is 0 Å². The van der Waals surface area contributed by atoms with Crippen molar-refractivity contribution in [2.45, 2.75) is 51.1 Å². The lowest BCUT2D eigenvalue weighted by molar-refractivity contribution is 0.193. The summed E-state index contributed by atoms with van der Waals surface area (Å²) in [5.74, 6) is 0.931.